The monoisotopic (exact) mass is 304 g/mol. The van der Waals surface area contributed by atoms with Crippen molar-refractivity contribution in [2.75, 3.05) is 0 Å². The Labute approximate surface area is 97.7 Å². The number of hydrogen-bond acceptors (Lipinski definition) is 2. The predicted octanol–water partition coefficient (Wildman–Crippen LogP) is 3.11. The number of ether oxygens (including phenoxy) is 2. The minimum Gasteiger partial charge on any atom is -0.347 e. The molecule has 14 heavy (non-hydrogen) atoms. The van der Waals surface area contributed by atoms with Crippen molar-refractivity contribution in [2.24, 2.45) is 0 Å². The van der Waals surface area contributed by atoms with Crippen molar-refractivity contribution in [1.82, 2.24) is 0 Å². The summed E-state index contributed by atoms with van der Waals surface area (Å²) in [6.45, 7) is 3.99. The van der Waals surface area contributed by atoms with Gasteiger partial charge in [0.25, 0.3) is 0 Å². The van der Waals surface area contributed by atoms with Crippen molar-refractivity contribution in [2.45, 2.75) is 32.3 Å². The van der Waals surface area contributed by atoms with Crippen LogP contribution in [0.1, 0.15) is 25.5 Å². The van der Waals surface area contributed by atoms with Gasteiger partial charge in [0.05, 0.1) is 6.10 Å². The third-order valence-corrected chi connectivity index (χ3v) is 3.37. The summed E-state index contributed by atoms with van der Waals surface area (Å²) in [5.41, 5.74) is 1.23. The van der Waals surface area contributed by atoms with Gasteiger partial charge >= 0.3 is 0 Å². The maximum absolute atomic E-state index is 5.71. The molecule has 3 unspecified atom stereocenters. The molecule has 0 saturated carbocycles. The van der Waals surface area contributed by atoms with E-state index >= 15 is 0 Å². The standard InChI is InChI=1S/C11H13IO2/c1-7-11(14-8(2)13-7)9-5-3-4-6-10(9)12/h3-8,11H,1-2H3. The Morgan fingerprint density at radius 3 is 2.43 bits per heavy atom. The summed E-state index contributed by atoms with van der Waals surface area (Å²) in [7, 11) is 0. The second kappa shape index (κ2) is 4.16. The zero-order valence-corrected chi connectivity index (χ0v) is 10.4. The zero-order valence-electron chi connectivity index (χ0n) is 8.24. The minimum absolute atomic E-state index is 0.0816. The average molecular weight is 304 g/mol. The molecule has 1 aromatic rings. The molecule has 1 aromatic carbocycles. The molecular weight excluding hydrogens is 291 g/mol. The fraction of sp³-hybridized carbons (Fsp3) is 0.455. The Bertz CT molecular complexity index is 327. The van der Waals surface area contributed by atoms with E-state index in [1.54, 1.807) is 0 Å². The molecule has 3 atom stereocenters. The summed E-state index contributed by atoms with van der Waals surface area (Å²) >= 11 is 2.33. The molecule has 1 aliphatic heterocycles. The maximum atomic E-state index is 5.71. The zero-order chi connectivity index (χ0) is 10.1. The van der Waals surface area contributed by atoms with E-state index in [-0.39, 0.29) is 18.5 Å². The van der Waals surface area contributed by atoms with Crippen molar-refractivity contribution >= 4 is 22.6 Å². The molecule has 0 aromatic heterocycles. The quantitative estimate of drug-likeness (QED) is 0.742. The summed E-state index contributed by atoms with van der Waals surface area (Å²) in [5.74, 6) is 0. The van der Waals surface area contributed by atoms with E-state index in [1.807, 2.05) is 19.1 Å². The van der Waals surface area contributed by atoms with Crippen molar-refractivity contribution in [3.05, 3.63) is 33.4 Å². The highest BCUT2D eigenvalue weighted by molar-refractivity contribution is 14.1. The van der Waals surface area contributed by atoms with Gasteiger partial charge in [-0.25, -0.2) is 0 Å². The van der Waals surface area contributed by atoms with E-state index in [4.69, 9.17) is 9.47 Å². The van der Waals surface area contributed by atoms with Crippen molar-refractivity contribution in [1.29, 1.82) is 0 Å². The van der Waals surface area contributed by atoms with Gasteiger partial charge in [-0.1, -0.05) is 18.2 Å². The Kier molecular flexibility index (Phi) is 3.09. The van der Waals surface area contributed by atoms with Crippen LogP contribution in [0.15, 0.2) is 24.3 Å². The van der Waals surface area contributed by atoms with Gasteiger partial charge in [0, 0.05) is 3.57 Å². The molecule has 1 aliphatic rings. The molecule has 2 nitrogen and oxygen atoms in total. The van der Waals surface area contributed by atoms with Crippen molar-refractivity contribution < 1.29 is 9.47 Å². The fourth-order valence-electron chi connectivity index (χ4n) is 1.75. The average Bonchev–Trinajstić information content (AvgIpc) is 2.46. The first-order valence-corrected chi connectivity index (χ1v) is 5.81. The fourth-order valence-corrected chi connectivity index (χ4v) is 2.45. The molecule has 0 amide bonds. The van der Waals surface area contributed by atoms with E-state index in [0.717, 1.165) is 0 Å². The highest BCUT2D eigenvalue weighted by Gasteiger charge is 2.32. The van der Waals surface area contributed by atoms with Crippen LogP contribution in [-0.2, 0) is 9.47 Å². The van der Waals surface area contributed by atoms with Gasteiger partial charge in [-0.05, 0) is 48.1 Å². The van der Waals surface area contributed by atoms with Crippen LogP contribution in [0.25, 0.3) is 0 Å². The van der Waals surface area contributed by atoms with Gasteiger partial charge in [0.15, 0.2) is 6.29 Å². The molecule has 76 valence electrons. The summed E-state index contributed by atoms with van der Waals surface area (Å²) in [5, 5.41) is 0. The van der Waals surface area contributed by atoms with Crippen LogP contribution >= 0.6 is 22.6 Å². The maximum Gasteiger partial charge on any atom is 0.156 e. The van der Waals surface area contributed by atoms with Gasteiger partial charge in [0.2, 0.25) is 0 Å². The van der Waals surface area contributed by atoms with Crippen LogP contribution in [0.4, 0.5) is 0 Å². The normalized spacial score (nSPS) is 32.1. The molecule has 2 rings (SSSR count). The lowest BCUT2D eigenvalue weighted by molar-refractivity contribution is -0.0495. The highest BCUT2D eigenvalue weighted by Crippen LogP contribution is 2.34. The van der Waals surface area contributed by atoms with E-state index < -0.39 is 0 Å². The van der Waals surface area contributed by atoms with Gasteiger partial charge in [-0.3, -0.25) is 0 Å². The van der Waals surface area contributed by atoms with E-state index in [2.05, 4.69) is 41.6 Å². The number of benzene rings is 1. The summed E-state index contributed by atoms with van der Waals surface area (Å²) in [4.78, 5) is 0. The molecule has 3 heteroatoms. The summed E-state index contributed by atoms with van der Waals surface area (Å²) in [6, 6.07) is 8.27. The van der Waals surface area contributed by atoms with E-state index in [0.29, 0.717) is 0 Å². The lowest BCUT2D eigenvalue weighted by Gasteiger charge is -2.14. The topological polar surface area (TPSA) is 18.5 Å². The second-order valence-electron chi connectivity index (χ2n) is 3.49. The summed E-state index contributed by atoms with van der Waals surface area (Å²) in [6.07, 6.45) is 0.130. The molecule has 0 radical (unpaired) electrons. The van der Waals surface area contributed by atoms with Crippen molar-refractivity contribution in [3.63, 3.8) is 0 Å². The predicted molar refractivity (Wildman–Crippen MR) is 63.0 cm³/mol. The van der Waals surface area contributed by atoms with Crippen molar-refractivity contribution in [3.8, 4) is 0 Å². The highest BCUT2D eigenvalue weighted by atomic mass is 127. The molecular formula is C11H13IO2. The Balaban J connectivity index is 2.27. The Morgan fingerprint density at radius 1 is 1.14 bits per heavy atom. The SMILES string of the molecule is CC1OC(C)C(c2ccccc2I)O1. The van der Waals surface area contributed by atoms with E-state index in [9.17, 15) is 0 Å². The Morgan fingerprint density at radius 2 is 1.86 bits per heavy atom. The number of rotatable bonds is 1. The van der Waals surface area contributed by atoms with Crippen LogP contribution in [-0.4, -0.2) is 12.4 Å². The molecule has 0 aliphatic carbocycles. The van der Waals surface area contributed by atoms with Gasteiger partial charge in [-0.15, -0.1) is 0 Å². The lowest BCUT2D eigenvalue weighted by Crippen LogP contribution is -2.11. The first kappa shape index (κ1) is 10.4. The minimum atomic E-state index is -0.0917. The van der Waals surface area contributed by atoms with Gasteiger partial charge in [0.1, 0.15) is 6.10 Å². The van der Waals surface area contributed by atoms with Crippen LogP contribution in [0.5, 0.6) is 0 Å². The van der Waals surface area contributed by atoms with E-state index in [1.165, 1.54) is 9.13 Å². The third-order valence-electron chi connectivity index (χ3n) is 2.38. The lowest BCUT2D eigenvalue weighted by atomic mass is 10.1. The van der Waals surface area contributed by atoms with Gasteiger partial charge < -0.3 is 9.47 Å². The first-order valence-electron chi connectivity index (χ1n) is 4.74. The Hall–Kier alpha value is -0.130. The molecule has 1 saturated heterocycles. The summed E-state index contributed by atoms with van der Waals surface area (Å²) < 4.78 is 12.5. The third kappa shape index (κ3) is 1.94. The number of hydrogen-bond donors (Lipinski definition) is 0. The number of halogens is 1. The van der Waals surface area contributed by atoms with Crippen LogP contribution < -0.4 is 0 Å². The van der Waals surface area contributed by atoms with Crippen LogP contribution in [0.2, 0.25) is 0 Å². The first-order chi connectivity index (χ1) is 6.68. The van der Waals surface area contributed by atoms with Crippen LogP contribution in [0, 0.1) is 3.57 Å². The smallest absolute Gasteiger partial charge is 0.156 e. The van der Waals surface area contributed by atoms with Crippen LogP contribution in [0.3, 0.4) is 0 Å². The molecule has 0 bridgehead atoms. The molecule has 0 spiro atoms. The molecule has 1 fully saturated rings. The van der Waals surface area contributed by atoms with Gasteiger partial charge in [-0.2, -0.15) is 0 Å². The largest absolute Gasteiger partial charge is 0.347 e. The molecule has 1 heterocycles. The second-order valence-corrected chi connectivity index (χ2v) is 4.65. The molecule has 0 N–H and O–H groups in total.